The first-order valence-electron chi connectivity index (χ1n) is 10.0. The maximum absolute atomic E-state index is 15.2. The van der Waals surface area contributed by atoms with Crippen LogP contribution in [0.4, 0.5) is 4.39 Å². The number of ether oxygens (including phenoxy) is 1. The lowest BCUT2D eigenvalue weighted by Gasteiger charge is -2.32. The molecule has 2 heterocycles. The Morgan fingerprint density at radius 1 is 1.24 bits per heavy atom. The van der Waals surface area contributed by atoms with Crippen LogP contribution in [0.5, 0.6) is 5.75 Å². The topological polar surface area (TPSA) is 45.3 Å². The predicted molar refractivity (Wildman–Crippen MR) is 114 cm³/mol. The molecule has 0 aliphatic carbocycles. The minimum atomic E-state index is -0.438. The van der Waals surface area contributed by atoms with Crippen molar-refractivity contribution in [2.75, 3.05) is 13.1 Å². The Bertz CT molecular complexity index is 1070. The Morgan fingerprint density at radius 3 is 2.76 bits per heavy atom. The summed E-state index contributed by atoms with van der Waals surface area (Å²) in [4.78, 5) is 17.1. The molecule has 0 saturated carbocycles. The highest BCUT2D eigenvalue weighted by Gasteiger charge is 2.23. The van der Waals surface area contributed by atoms with E-state index < -0.39 is 5.82 Å². The van der Waals surface area contributed by atoms with Gasteiger partial charge in [0, 0.05) is 36.2 Å². The zero-order valence-corrected chi connectivity index (χ0v) is 17.1. The van der Waals surface area contributed by atoms with Gasteiger partial charge in [0.25, 0.3) is 5.56 Å². The molecule has 0 spiro atoms. The molecule has 2 aromatic carbocycles. The number of rotatable bonds is 5. The Labute approximate surface area is 174 Å². The van der Waals surface area contributed by atoms with Gasteiger partial charge in [-0.1, -0.05) is 30.7 Å². The first-order chi connectivity index (χ1) is 14.0. The number of aromatic amines is 1. The van der Waals surface area contributed by atoms with Crippen molar-refractivity contribution < 1.29 is 9.13 Å². The van der Waals surface area contributed by atoms with Gasteiger partial charge in [-0.25, -0.2) is 4.39 Å². The normalized spacial score (nSPS) is 15.7. The fourth-order valence-electron chi connectivity index (χ4n) is 3.99. The molecule has 0 bridgehead atoms. The standard InChI is InChI=1S/C23H24ClFN2O2/c1-2-16-13-26-23(28)19-6-7-20(22(25)21(16)19)29-18-8-10-27(11-9-18)14-15-4-3-5-17(24)12-15/h3-7,12-13,18H,2,8-11,14H2,1H3,(H,26,28). The van der Waals surface area contributed by atoms with Crippen molar-refractivity contribution in [1.82, 2.24) is 9.88 Å². The summed E-state index contributed by atoms with van der Waals surface area (Å²) in [5, 5.41) is 1.48. The average molecular weight is 415 g/mol. The van der Waals surface area contributed by atoms with Gasteiger partial charge in [0.05, 0.1) is 5.39 Å². The summed E-state index contributed by atoms with van der Waals surface area (Å²) in [6.07, 6.45) is 3.84. The van der Waals surface area contributed by atoms with Crippen LogP contribution in [0.15, 0.2) is 47.4 Å². The number of hydrogen-bond donors (Lipinski definition) is 1. The molecule has 1 aliphatic rings. The van der Waals surface area contributed by atoms with E-state index >= 15 is 4.39 Å². The highest BCUT2D eigenvalue weighted by atomic mass is 35.5. The molecule has 29 heavy (non-hydrogen) atoms. The average Bonchev–Trinajstić information content (AvgIpc) is 2.72. The summed E-state index contributed by atoms with van der Waals surface area (Å²) in [6.45, 7) is 4.55. The van der Waals surface area contributed by atoms with E-state index in [9.17, 15) is 4.79 Å². The third-order valence-electron chi connectivity index (χ3n) is 5.55. The first kappa shape index (κ1) is 19.9. The monoisotopic (exact) mass is 414 g/mol. The molecule has 1 fully saturated rings. The van der Waals surface area contributed by atoms with Crippen LogP contribution in [-0.2, 0) is 13.0 Å². The molecule has 3 aromatic rings. The lowest BCUT2D eigenvalue weighted by Crippen LogP contribution is -2.37. The third kappa shape index (κ3) is 4.31. The van der Waals surface area contributed by atoms with Gasteiger partial charge >= 0.3 is 0 Å². The molecule has 4 nitrogen and oxygen atoms in total. The van der Waals surface area contributed by atoms with Crippen molar-refractivity contribution in [1.29, 1.82) is 0 Å². The van der Waals surface area contributed by atoms with E-state index in [4.69, 9.17) is 16.3 Å². The van der Waals surface area contributed by atoms with E-state index in [1.807, 2.05) is 25.1 Å². The van der Waals surface area contributed by atoms with Crippen molar-refractivity contribution in [3.05, 3.63) is 74.9 Å². The van der Waals surface area contributed by atoms with E-state index in [0.717, 1.165) is 43.1 Å². The predicted octanol–water partition coefficient (Wildman–Crippen LogP) is 4.93. The van der Waals surface area contributed by atoms with Gasteiger partial charge in [-0.3, -0.25) is 9.69 Å². The van der Waals surface area contributed by atoms with Crippen LogP contribution in [0, 0.1) is 5.82 Å². The number of aromatic nitrogens is 1. The van der Waals surface area contributed by atoms with Crippen LogP contribution < -0.4 is 10.3 Å². The number of H-pyrrole nitrogens is 1. The number of aryl methyl sites for hydroxylation is 1. The van der Waals surface area contributed by atoms with Crippen molar-refractivity contribution in [2.45, 2.75) is 38.8 Å². The van der Waals surface area contributed by atoms with Gasteiger partial charge in [0.1, 0.15) is 6.10 Å². The number of hydrogen-bond acceptors (Lipinski definition) is 3. The summed E-state index contributed by atoms with van der Waals surface area (Å²) < 4.78 is 21.2. The Balaban J connectivity index is 1.45. The number of halogens is 2. The van der Waals surface area contributed by atoms with Crippen LogP contribution in [0.1, 0.15) is 30.9 Å². The quantitative estimate of drug-likeness (QED) is 0.644. The van der Waals surface area contributed by atoms with Crippen LogP contribution in [0.3, 0.4) is 0 Å². The summed E-state index contributed by atoms with van der Waals surface area (Å²) >= 11 is 6.07. The maximum Gasteiger partial charge on any atom is 0.255 e. The second-order valence-corrected chi connectivity index (χ2v) is 7.96. The molecular formula is C23H24ClFN2O2. The SMILES string of the molecule is CCc1c[nH]c(=O)c2ccc(OC3CCN(Cc4cccc(Cl)c4)CC3)c(F)c12. The van der Waals surface area contributed by atoms with Crippen LogP contribution in [0.2, 0.25) is 5.02 Å². The first-order valence-corrected chi connectivity index (χ1v) is 10.4. The molecule has 1 aromatic heterocycles. The van der Waals surface area contributed by atoms with Gasteiger partial charge < -0.3 is 9.72 Å². The maximum atomic E-state index is 15.2. The molecule has 1 N–H and O–H groups in total. The molecule has 6 heteroatoms. The van der Waals surface area contributed by atoms with E-state index in [2.05, 4.69) is 16.0 Å². The third-order valence-corrected chi connectivity index (χ3v) is 5.79. The van der Waals surface area contributed by atoms with Gasteiger partial charge in [0.2, 0.25) is 0 Å². The fraction of sp³-hybridized carbons (Fsp3) is 0.348. The van der Waals surface area contributed by atoms with E-state index in [-0.39, 0.29) is 17.4 Å². The number of nitrogens with zero attached hydrogens (tertiary/aromatic N) is 1. The molecular weight excluding hydrogens is 391 g/mol. The summed E-state index contributed by atoms with van der Waals surface area (Å²) in [6, 6.07) is 11.1. The van der Waals surface area contributed by atoms with Crippen LogP contribution >= 0.6 is 11.6 Å². The summed E-state index contributed by atoms with van der Waals surface area (Å²) in [5.41, 5.74) is 1.69. The number of likely N-dealkylation sites (tertiary alicyclic amines) is 1. The van der Waals surface area contributed by atoms with E-state index in [0.29, 0.717) is 17.2 Å². The van der Waals surface area contributed by atoms with Gasteiger partial charge in [0.15, 0.2) is 11.6 Å². The molecule has 0 radical (unpaired) electrons. The molecule has 1 aliphatic heterocycles. The Morgan fingerprint density at radius 2 is 2.03 bits per heavy atom. The Hall–Kier alpha value is -2.37. The van der Waals surface area contributed by atoms with Crippen molar-refractivity contribution in [2.24, 2.45) is 0 Å². The minimum absolute atomic E-state index is 0.0374. The lowest BCUT2D eigenvalue weighted by molar-refractivity contribution is 0.0938. The van der Waals surface area contributed by atoms with Crippen molar-refractivity contribution in [3.63, 3.8) is 0 Å². The van der Waals surface area contributed by atoms with Crippen molar-refractivity contribution in [3.8, 4) is 5.75 Å². The summed E-state index contributed by atoms with van der Waals surface area (Å²) in [5.74, 6) is -0.210. The van der Waals surface area contributed by atoms with Gasteiger partial charge in [-0.05, 0) is 54.7 Å². The zero-order valence-electron chi connectivity index (χ0n) is 16.4. The number of nitrogens with one attached hydrogen (secondary N) is 1. The number of fused-ring (bicyclic) bond motifs is 1. The highest BCUT2D eigenvalue weighted by molar-refractivity contribution is 6.30. The second-order valence-electron chi connectivity index (χ2n) is 7.52. The number of pyridine rings is 1. The minimum Gasteiger partial charge on any atom is -0.487 e. The van der Waals surface area contributed by atoms with Gasteiger partial charge in [-0.15, -0.1) is 0 Å². The molecule has 1 saturated heterocycles. The molecule has 152 valence electrons. The van der Waals surface area contributed by atoms with Crippen LogP contribution in [-0.4, -0.2) is 29.1 Å². The van der Waals surface area contributed by atoms with Crippen molar-refractivity contribution >= 4 is 22.4 Å². The molecule has 0 atom stereocenters. The van der Waals surface area contributed by atoms with E-state index in [1.54, 1.807) is 18.3 Å². The lowest BCUT2D eigenvalue weighted by atomic mass is 10.0. The fourth-order valence-corrected chi connectivity index (χ4v) is 4.20. The number of piperidine rings is 1. The summed E-state index contributed by atoms with van der Waals surface area (Å²) in [7, 11) is 0. The molecule has 4 rings (SSSR count). The smallest absolute Gasteiger partial charge is 0.255 e. The zero-order chi connectivity index (χ0) is 20.4. The number of benzene rings is 2. The van der Waals surface area contributed by atoms with Crippen LogP contribution in [0.25, 0.3) is 10.8 Å². The molecule has 0 unspecified atom stereocenters. The largest absolute Gasteiger partial charge is 0.487 e. The van der Waals surface area contributed by atoms with E-state index in [1.165, 1.54) is 5.56 Å². The Kier molecular flexibility index (Phi) is 5.88. The highest BCUT2D eigenvalue weighted by Crippen LogP contribution is 2.29. The molecule has 0 amide bonds. The second kappa shape index (κ2) is 8.56. The van der Waals surface area contributed by atoms with Gasteiger partial charge in [-0.2, -0.15) is 0 Å².